The van der Waals surface area contributed by atoms with E-state index in [1.54, 1.807) is 0 Å². The number of hydrogen-bond acceptors (Lipinski definition) is 4. The number of hydrogen-bond donors (Lipinski definition) is 1. The van der Waals surface area contributed by atoms with Gasteiger partial charge in [0.15, 0.2) is 0 Å². The number of carbonyl (C=O) groups excluding carboxylic acids is 1. The molecule has 2 heterocycles. The van der Waals surface area contributed by atoms with Crippen LogP contribution in [0.2, 0.25) is 0 Å². The Morgan fingerprint density at radius 2 is 1.79 bits per heavy atom. The monoisotopic (exact) mass is 403 g/mol. The number of carbonyl (C=O) groups is 1. The van der Waals surface area contributed by atoms with Crippen molar-refractivity contribution in [3.63, 3.8) is 0 Å². The standard InChI is InChI=1S/C23H21N3O2S/c1-16(17-8-4-2-5-9-17)13-24-21(27)14-26-15-25-22-19(23(26)28)12-20(29-22)18-10-6-3-7-11-18/h2-12,15-16H,13-14H2,1H3,(H,24,27)/t16-/m0/s1. The normalized spacial score (nSPS) is 12.0. The Balaban J connectivity index is 1.47. The molecule has 5 nitrogen and oxygen atoms in total. The molecule has 6 heteroatoms. The minimum absolute atomic E-state index is 0.0419. The van der Waals surface area contributed by atoms with Gasteiger partial charge in [0.05, 0.1) is 11.7 Å². The van der Waals surface area contributed by atoms with Gasteiger partial charge in [-0.25, -0.2) is 4.98 Å². The van der Waals surface area contributed by atoms with Gasteiger partial charge in [-0.15, -0.1) is 11.3 Å². The zero-order chi connectivity index (χ0) is 20.2. The van der Waals surface area contributed by atoms with Crippen molar-refractivity contribution in [3.8, 4) is 10.4 Å². The molecule has 0 bridgehead atoms. The zero-order valence-electron chi connectivity index (χ0n) is 16.0. The van der Waals surface area contributed by atoms with Crippen molar-refractivity contribution in [2.45, 2.75) is 19.4 Å². The number of aromatic nitrogens is 2. The van der Waals surface area contributed by atoms with Crippen LogP contribution < -0.4 is 10.9 Å². The molecule has 1 atom stereocenters. The van der Waals surface area contributed by atoms with Crippen LogP contribution in [0.4, 0.5) is 0 Å². The van der Waals surface area contributed by atoms with E-state index in [1.165, 1.54) is 27.8 Å². The third-order valence-electron chi connectivity index (χ3n) is 4.86. The maximum Gasteiger partial charge on any atom is 0.262 e. The molecule has 2 aromatic heterocycles. The van der Waals surface area contributed by atoms with Gasteiger partial charge < -0.3 is 5.32 Å². The minimum atomic E-state index is -0.199. The van der Waals surface area contributed by atoms with Crippen LogP contribution in [0.25, 0.3) is 20.7 Å². The van der Waals surface area contributed by atoms with Crippen molar-refractivity contribution in [3.05, 3.63) is 89.0 Å². The van der Waals surface area contributed by atoms with E-state index in [0.717, 1.165) is 10.4 Å². The van der Waals surface area contributed by atoms with Crippen LogP contribution in [-0.4, -0.2) is 22.0 Å². The van der Waals surface area contributed by atoms with E-state index in [0.29, 0.717) is 16.8 Å². The van der Waals surface area contributed by atoms with E-state index in [9.17, 15) is 9.59 Å². The highest BCUT2D eigenvalue weighted by Gasteiger charge is 2.13. The smallest absolute Gasteiger partial charge is 0.262 e. The lowest BCUT2D eigenvalue weighted by atomic mass is 10.0. The molecule has 0 spiro atoms. The number of benzene rings is 2. The van der Waals surface area contributed by atoms with E-state index < -0.39 is 0 Å². The van der Waals surface area contributed by atoms with Gasteiger partial charge in [-0.3, -0.25) is 14.2 Å². The van der Waals surface area contributed by atoms with E-state index in [4.69, 9.17) is 0 Å². The second-order valence-electron chi connectivity index (χ2n) is 6.99. The van der Waals surface area contributed by atoms with Crippen molar-refractivity contribution >= 4 is 27.5 Å². The maximum absolute atomic E-state index is 12.8. The van der Waals surface area contributed by atoms with Crippen LogP contribution in [0.1, 0.15) is 18.4 Å². The molecule has 0 saturated heterocycles. The fraction of sp³-hybridized carbons (Fsp3) is 0.174. The average molecular weight is 404 g/mol. The van der Waals surface area contributed by atoms with Crippen molar-refractivity contribution in [2.75, 3.05) is 6.54 Å². The topological polar surface area (TPSA) is 64.0 Å². The third-order valence-corrected chi connectivity index (χ3v) is 5.96. The Bertz CT molecular complexity index is 1180. The van der Waals surface area contributed by atoms with E-state index >= 15 is 0 Å². The van der Waals surface area contributed by atoms with Crippen LogP contribution in [0.15, 0.2) is 77.9 Å². The molecule has 1 N–H and O–H groups in total. The summed E-state index contributed by atoms with van der Waals surface area (Å²) < 4.78 is 1.37. The third kappa shape index (κ3) is 4.27. The van der Waals surface area contributed by atoms with Gasteiger partial charge in [-0.1, -0.05) is 67.6 Å². The fourth-order valence-electron chi connectivity index (χ4n) is 3.19. The van der Waals surface area contributed by atoms with Crippen LogP contribution in [0, 0.1) is 0 Å². The summed E-state index contributed by atoms with van der Waals surface area (Å²) >= 11 is 1.48. The lowest BCUT2D eigenvalue weighted by Gasteiger charge is -2.13. The summed E-state index contributed by atoms with van der Waals surface area (Å²) in [5.74, 6) is -0.00248. The van der Waals surface area contributed by atoms with Crippen molar-refractivity contribution in [2.24, 2.45) is 0 Å². The lowest BCUT2D eigenvalue weighted by Crippen LogP contribution is -2.34. The highest BCUT2D eigenvalue weighted by atomic mass is 32.1. The first-order chi connectivity index (χ1) is 14.1. The Kier molecular flexibility index (Phi) is 5.53. The number of rotatable bonds is 6. The van der Waals surface area contributed by atoms with E-state index in [-0.39, 0.29) is 23.9 Å². The first-order valence-corrected chi connectivity index (χ1v) is 10.3. The molecule has 0 aliphatic carbocycles. The summed E-state index contributed by atoms with van der Waals surface area (Å²) in [6, 6.07) is 21.8. The van der Waals surface area contributed by atoms with Crippen LogP contribution in [0.3, 0.4) is 0 Å². The first-order valence-electron chi connectivity index (χ1n) is 9.48. The highest BCUT2D eigenvalue weighted by molar-refractivity contribution is 7.21. The van der Waals surface area contributed by atoms with Crippen molar-refractivity contribution in [1.82, 2.24) is 14.9 Å². The molecule has 146 valence electrons. The number of amides is 1. The van der Waals surface area contributed by atoms with Crippen molar-refractivity contribution < 1.29 is 4.79 Å². The summed E-state index contributed by atoms with van der Waals surface area (Å²) in [5.41, 5.74) is 2.02. The van der Waals surface area contributed by atoms with Crippen LogP contribution in [-0.2, 0) is 11.3 Å². The van der Waals surface area contributed by atoms with Gasteiger partial charge in [0.1, 0.15) is 11.4 Å². The van der Waals surface area contributed by atoms with Crippen molar-refractivity contribution in [1.29, 1.82) is 0 Å². The molecular formula is C23H21N3O2S. The van der Waals surface area contributed by atoms with Gasteiger partial charge in [0, 0.05) is 11.4 Å². The summed E-state index contributed by atoms with van der Waals surface area (Å²) in [5, 5.41) is 3.46. The predicted molar refractivity (Wildman–Crippen MR) is 117 cm³/mol. The predicted octanol–water partition coefficient (Wildman–Crippen LogP) is 4.04. The van der Waals surface area contributed by atoms with Crippen LogP contribution in [0.5, 0.6) is 0 Å². The molecule has 0 aliphatic rings. The molecule has 29 heavy (non-hydrogen) atoms. The molecule has 4 aromatic rings. The Labute approximate surface area is 172 Å². The summed E-state index contributed by atoms with van der Waals surface area (Å²) in [6.45, 7) is 2.54. The number of thiophene rings is 1. The number of nitrogens with one attached hydrogen (secondary N) is 1. The molecule has 0 aliphatic heterocycles. The highest BCUT2D eigenvalue weighted by Crippen LogP contribution is 2.30. The summed E-state index contributed by atoms with van der Waals surface area (Å²) in [6.07, 6.45) is 1.45. The first kappa shape index (κ1) is 19.1. The average Bonchev–Trinajstić information content (AvgIpc) is 3.20. The molecule has 2 aromatic carbocycles. The van der Waals surface area contributed by atoms with Crippen LogP contribution >= 0.6 is 11.3 Å². The lowest BCUT2D eigenvalue weighted by molar-refractivity contribution is -0.121. The second-order valence-corrected chi connectivity index (χ2v) is 8.02. The minimum Gasteiger partial charge on any atom is -0.354 e. The number of fused-ring (bicyclic) bond motifs is 1. The Hall–Kier alpha value is -3.25. The molecule has 0 unspecified atom stereocenters. The number of nitrogens with zero attached hydrogens (tertiary/aromatic N) is 2. The fourth-order valence-corrected chi connectivity index (χ4v) is 4.19. The van der Waals surface area contributed by atoms with Gasteiger partial charge in [0.2, 0.25) is 5.91 Å². The zero-order valence-corrected chi connectivity index (χ0v) is 16.9. The largest absolute Gasteiger partial charge is 0.354 e. The molecular weight excluding hydrogens is 382 g/mol. The van der Waals surface area contributed by atoms with Gasteiger partial charge in [-0.05, 0) is 23.1 Å². The SMILES string of the molecule is C[C@@H](CNC(=O)Cn1cnc2sc(-c3ccccc3)cc2c1=O)c1ccccc1. The summed E-state index contributed by atoms with van der Waals surface area (Å²) in [4.78, 5) is 31.2. The molecule has 0 radical (unpaired) electrons. The quantitative estimate of drug-likeness (QED) is 0.528. The Morgan fingerprint density at radius 1 is 1.10 bits per heavy atom. The summed E-state index contributed by atoms with van der Waals surface area (Å²) in [7, 11) is 0. The molecule has 0 fully saturated rings. The van der Waals surface area contributed by atoms with E-state index in [1.807, 2.05) is 66.7 Å². The van der Waals surface area contributed by atoms with Gasteiger partial charge in [-0.2, -0.15) is 0 Å². The Morgan fingerprint density at radius 3 is 2.52 bits per heavy atom. The molecule has 1 amide bonds. The maximum atomic E-state index is 12.8. The van der Waals surface area contributed by atoms with Gasteiger partial charge in [0.25, 0.3) is 5.56 Å². The molecule has 0 saturated carbocycles. The second kappa shape index (κ2) is 8.41. The van der Waals surface area contributed by atoms with Gasteiger partial charge >= 0.3 is 0 Å². The van der Waals surface area contributed by atoms with E-state index in [2.05, 4.69) is 17.2 Å². The molecule has 4 rings (SSSR count).